The first-order chi connectivity index (χ1) is 33.7. The van der Waals surface area contributed by atoms with Crippen LogP contribution in [0.5, 0.6) is 0 Å². The standard InChI is InChI=1S/C62H42N6/c1-5-20-41(21-6-1)45-28-19-29-46(38-45)47-39-53(42-22-7-2-8-23-42)63-54(40-47)52-32-15-18-35-57(52)67-55-33-16-13-30-48(55)50-36-37-51-49-31-14-17-34-56(49)68(59(51)58(50)67)62-65-60(43-24-9-3-10-25-43)64-61(66-62)44-26-11-4-12-27-44/h1-40,51,59H. The van der Waals surface area contributed by atoms with Crippen LogP contribution in [-0.4, -0.2) is 24.5 Å². The van der Waals surface area contributed by atoms with E-state index in [2.05, 4.69) is 216 Å². The van der Waals surface area contributed by atoms with Crippen molar-refractivity contribution in [1.29, 1.82) is 0 Å². The topological polar surface area (TPSA) is 59.7 Å². The summed E-state index contributed by atoms with van der Waals surface area (Å²) in [5, 5.41) is 1.18. The van der Waals surface area contributed by atoms with Gasteiger partial charge in [-0.25, -0.2) is 9.97 Å². The molecule has 11 aromatic rings. The fourth-order valence-electron chi connectivity index (χ4n) is 10.3. The Morgan fingerprint density at radius 1 is 0.382 bits per heavy atom. The number of hydrogen-bond acceptors (Lipinski definition) is 5. The van der Waals surface area contributed by atoms with Gasteiger partial charge >= 0.3 is 0 Å². The average Bonchev–Trinajstić information content (AvgIpc) is 3.95. The summed E-state index contributed by atoms with van der Waals surface area (Å²) in [7, 11) is 0. The largest absolute Gasteiger partial charge is 0.310 e. The monoisotopic (exact) mass is 870 g/mol. The summed E-state index contributed by atoms with van der Waals surface area (Å²) in [6.45, 7) is 0. The van der Waals surface area contributed by atoms with Crippen LogP contribution in [0.25, 0.3) is 90.2 Å². The van der Waals surface area contributed by atoms with Crippen LogP contribution in [0.4, 0.5) is 11.6 Å². The summed E-state index contributed by atoms with van der Waals surface area (Å²) >= 11 is 0. The van der Waals surface area contributed by atoms with Gasteiger partial charge in [0, 0.05) is 44.8 Å². The van der Waals surface area contributed by atoms with Crippen LogP contribution in [0.3, 0.4) is 0 Å². The number of benzene rings is 8. The Kier molecular flexibility index (Phi) is 9.53. The van der Waals surface area contributed by atoms with E-state index in [1.165, 1.54) is 33.3 Å². The molecule has 2 unspecified atom stereocenters. The van der Waals surface area contributed by atoms with E-state index in [1.54, 1.807) is 0 Å². The number of fused-ring (bicyclic) bond motifs is 7. The predicted molar refractivity (Wildman–Crippen MR) is 277 cm³/mol. The number of hydrogen-bond donors (Lipinski definition) is 0. The molecule has 2 aliphatic rings. The van der Waals surface area contributed by atoms with Crippen molar-refractivity contribution in [3.8, 4) is 73.2 Å². The SMILES string of the molecule is C1=CC2c3ccccc3N(c3nc(-c4ccccc4)nc(-c4ccccc4)n3)C2c2c1c1ccccc1n2-c1ccccc1-c1cc(-c2cccc(-c3ccccc3)c2)cc(-c2ccccc2)n1. The predicted octanol–water partition coefficient (Wildman–Crippen LogP) is 15.2. The number of pyridine rings is 1. The molecule has 1 aliphatic heterocycles. The molecule has 13 rings (SSSR count). The van der Waals surface area contributed by atoms with E-state index in [1.807, 2.05) is 36.4 Å². The van der Waals surface area contributed by atoms with Gasteiger partial charge in [0.25, 0.3) is 0 Å². The van der Waals surface area contributed by atoms with Gasteiger partial charge in [0.1, 0.15) is 0 Å². The number of rotatable bonds is 8. The van der Waals surface area contributed by atoms with Gasteiger partial charge in [-0.15, -0.1) is 0 Å². The number of nitrogens with zero attached hydrogens (tertiary/aromatic N) is 6. The van der Waals surface area contributed by atoms with Crippen LogP contribution in [0.2, 0.25) is 0 Å². The molecule has 0 saturated heterocycles. The highest BCUT2D eigenvalue weighted by Crippen LogP contribution is 2.57. The molecule has 0 bridgehead atoms. The molecule has 6 nitrogen and oxygen atoms in total. The Morgan fingerprint density at radius 3 is 1.63 bits per heavy atom. The molecule has 2 atom stereocenters. The quantitative estimate of drug-likeness (QED) is 0.152. The summed E-state index contributed by atoms with van der Waals surface area (Å²) in [5.74, 6) is 1.86. The van der Waals surface area contributed by atoms with Crippen molar-refractivity contribution in [3.05, 3.63) is 253 Å². The van der Waals surface area contributed by atoms with Crippen LogP contribution in [0.15, 0.2) is 237 Å². The van der Waals surface area contributed by atoms with Crippen molar-refractivity contribution in [2.24, 2.45) is 0 Å². The molecule has 0 radical (unpaired) electrons. The Balaban J connectivity index is 1.04. The zero-order chi connectivity index (χ0) is 45.0. The summed E-state index contributed by atoms with van der Waals surface area (Å²) in [6, 6.07) is 80.9. The minimum Gasteiger partial charge on any atom is -0.310 e. The van der Waals surface area contributed by atoms with Gasteiger partial charge < -0.3 is 9.47 Å². The van der Waals surface area contributed by atoms with Gasteiger partial charge in [0.15, 0.2) is 11.6 Å². The van der Waals surface area contributed by atoms with Crippen LogP contribution < -0.4 is 4.90 Å². The molecule has 0 spiro atoms. The van der Waals surface area contributed by atoms with E-state index in [4.69, 9.17) is 19.9 Å². The lowest BCUT2D eigenvalue weighted by molar-refractivity contribution is 0.626. The summed E-state index contributed by atoms with van der Waals surface area (Å²) in [6.07, 6.45) is 4.72. The fourth-order valence-corrected chi connectivity index (χ4v) is 10.3. The van der Waals surface area contributed by atoms with E-state index in [0.717, 1.165) is 61.7 Å². The van der Waals surface area contributed by atoms with E-state index < -0.39 is 0 Å². The Morgan fingerprint density at radius 2 is 0.926 bits per heavy atom. The van der Waals surface area contributed by atoms with E-state index >= 15 is 0 Å². The molecule has 6 heteroatoms. The molecule has 0 N–H and O–H groups in total. The van der Waals surface area contributed by atoms with Gasteiger partial charge in [0.05, 0.1) is 34.3 Å². The van der Waals surface area contributed by atoms with E-state index in [0.29, 0.717) is 17.6 Å². The molecule has 8 aromatic carbocycles. The Labute approximate surface area is 394 Å². The van der Waals surface area contributed by atoms with Crippen LogP contribution in [0, 0.1) is 0 Å². The number of aromatic nitrogens is 5. The van der Waals surface area contributed by atoms with Crippen molar-refractivity contribution in [3.63, 3.8) is 0 Å². The molecule has 3 aromatic heterocycles. The van der Waals surface area contributed by atoms with Gasteiger partial charge in [-0.1, -0.05) is 206 Å². The van der Waals surface area contributed by atoms with Crippen molar-refractivity contribution in [2.75, 3.05) is 4.90 Å². The highest BCUT2D eigenvalue weighted by atomic mass is 15.3. The molecular formula is C62H42N6. The maximum Gasteiger partial charge on any atom is 0.234 e. The zero-order valence-electron chi connectivity index (χ0n) is 36.9. The molecule has 68 heavy (non-hydrogen) atoms. The van der Waals surface area contributed by atoms with Crippen LogP contribution in [0.1, 0.15) is 28.8 Å². The number of para-hydroxylation sites is 3. The number of anilines is 2. The van der Waals surface area contributed by atoms with Gasteiger partial charge in [0.2, 0.25) is 5.95 Å². The zero-order valence-corrected chi connectivity index (χ0v) is 36.9. The Bertz CT molecular complexity index is 3640. The minimum atomic E-state index is -0.206. The highest BCUT2D eigenvalue weighted by Gasteiger charge is 2.45. The van der Waals surface area contributed by atoms with Gasteiger partial charge in [-0.05, 0) is 64.2 Å². The van der Waals surface area contributed by atoms with Crippen LogP contribution >= 0.6 is 0 Å². The second kappa shape index (κ2) is 16.5. The normalized spacial score (nSPS) is 14.7. The van der Waals surface area contributed by atoms with Crippen molar-refractivity contribution >= 4 is 28.6 Å². The molecule has 1 aliphatic carbocycles. The molecule has 4 heterocycles. The molecule has 0 fully saturated rings. The maximum absolute atomic E-state index is 5.52. The van der Waals surface area contributed by atoms with E-state index in [-0.39, 0.29) is 12.0 Å². The third-order valence-electron chi connectivity index (χ3n) is 13.4. The average molecular weight is 871 g/mol. The van der Waals surface area contributed by atoms with Gasteiger partial charge in [-0.2, -0.15) is 9.97 Å². The second-order valence-electron chi connectivity index (χ2n) is 17.4. The molecule has 0 saturated carbocycles. The Hall–Kier alpha value is -9.00. The van der Waals surface area contributed by atoms with Crippen molar-refractivity contribution in [2.45, 2.75) is 12.0 Å². The van der Waals surface area contributed by atoms with Crippen LogP contribution in [-0.2, 0) is 0 Å². The first kappa shape index (κ1) is 39.4. The fraction of sp³-hybridized carbons (Fsp3) is 0.0323. The third kappa shape index (κ3) is 6.73. The smallest absolute Gasteiger partial charge is 0.234 e. The highest BCUT2D eigenvalue weighted by molar-refractivity contribution is 5.96. The molecule has 0 amide bonds. The van der Waals surface area contributed by atoms with Gasteiger partial charge in [-0.3, -0.25) is 0 Å². The lowest BCUT2D eigenvalue weighted by Crippen LogP contribution is -2.28. The summed E-state index contributed by atoms with van der Waals surface area (Å²) < 4.78 is 2.49. The second-order valence-corrected chi connectivity index (χ2v) is 17.4. The third-order valence-corrected chi connectivity index (χ3v) is 13.4. The molecular weight excluding hydrogens is 829 g/mol. The van der Waals surface area contributed by atoms with E-state index in [9.17, 15) is 0 Å². The molecule has 320 valence electrons. The lowest BCUT2D eigenvalue weighted by Gasteiger charge is -2.32. The van der Waals surface area contributed by atoms with Crippen molar-refractivity contribution < 1.29 is 0 Å². The first-order valence-electron chi connectivity index (χ1n) is 23.1. The lowest BCUT2D eigenvalue weighted by atomic mass is 9.86. The minimum absolute atomic E-state index is 0.00840. The maximum atomic E-state index is 5.52. The first-order valence-corrected chi connectivity index (χ1v) is 23.1. The summed E-state index contributed by atoms with van der Waals surface area (Å²) in [5.41, 5.74) is 17.1. The summed E-state index contributed by atoms with van der Waals surface area (Å²) in [4.78, 5) is 23.7. The van der Waals surface area contributed by atoms with Crippen molar-refractivity contribution in [1.82, 2.24) is 24.5 Å².